The fraction of sp³-hybridized carbons (Fsp3) is 0.562. The maximum atomic E-state index is 12.2. The van der Waals surface area contributed by atoms with Crippen molar-refractivity contribution in [3.05, 3.63) is 23.8 Å². The Kier molecular flexibility index (Phi) is 4.58. The first kappa shape index (κ1) is 16.9. The Balaban J connectivity index is 1.58. The van der Waals surface area contributed by atoms with Crippen molar-refractivity contribution in [3.8, 4) is 5.75 Å². The topological polar surface area (TPSA) is 50.8 Å². The van der Waals surface area contributed by atoms with E-state index in [-0.39, 0.29) is 11.9 Å². The molecular weight excluding hydrogens is 325 g/mol. The Morgan fingerprint density at radius 3 is 2.54 bits per heavy atom. The van der Waals surface area contributed by atoms with Crippen LogP contribution in [0.4, 0.5) is 23.7 Å². The largest absolute Gasteiger partial charge is 0.573 e. The highest BCUT2D eigenvalue weighted by Crippen LogP contribution is 2.30. The zero-order valence-corrected chi connectivity index (χ0v) is 13.2. The van der Waals surface area contributed by atoms with Crippen molar-refractivity contribution >= 4 is 11.8 Å². The number of nitrogens with zero attached hydrogens (tertiary/aromatic N) is 1. The van der Waals surface area contributed by atoms with Crippen LogP contribution in [-0.2, 0) is 4.74 Å². The first-order valence-corrected chi connectivity index (χ1v) is 7.86. The van der Waals surface area contributed by atoms with E-state index < -0.39 is 12.5 Å². The van der Waals surface area contributed by atoms with E-state index in [0.29, 0.717) is 17.2 Å². The number of alkyl halides is 3. The summed E-state index contributed by atoms with van der Waals surface area (Å²) >= 11 is 0. The van der Waals surface area contributed by atoms with Crippen LogP contribution >= 0.6 is 0 Å². The summed E-state index contributed by atoms with van der Waals surface area (Å²) in [5, 5.41) is 2.59. The summed E-state index contributed by atoms with van der Waals surface area (Å²) in [6.45, 7) is 4.43. The van der Waals surface area contributed by atoms with Gasteiger partial charge in [0.1, 0.15) is 11.9 Å². The molecule has 3 heterocycles. The van der Waals surface area contributed by atoms with Gasteiger partial charge in [-0.3, -0.25) is 10.2 Å². The van der Waals surface area contributed by atoms with Crippen LogP contribution in [0.2, 0.25) is 0 Å². The van der Waals surface area contributed by atoms with Gasteiger partial charge in [0.05, 0.1) is 0 Å². The molecule has 3 aliphatic rings. The standard InChI is InChI=1S/C16H19F3N2O3/c1-10-8-12(24-16(17,18)19)2-3-13(10)20-15(22)23-14-9-21-6-4-11(14)5-7-21/h2-3,8,11,14H,4-7,9H2,1H3,(H,20,22)/t14-/m0/s1. The molecule has 132 valence electrons. The molecule has 0 unspecified atom stereocenters. The summed E-state index contributed by atoms with van der Waals surface area (Å²) in [5.74, 6) is 0.0701. The number of carbonyl (C=O) groups excluding carboxylic acids is 1. The molecule has 1 aromatic carbocycles. The average Bonchev–Trinajstić information content (AvgIpc) is 2.49. The number of aryl methyl sites for hydroxylation is 1. The fourth-order valence-corrected chi connectivity index (χ4v) is 3.29. The van der Waals surface area contributed by atoms with Crippen LogP contribution in [0.5, 0.6) is 5.75 Å². The van der Waals surface area contributed by atoms with Crippen molar-refractivity contribution in [2.45, 2.75) is 32.2 Å². The predicted octanol–water partition coefficient (Wildman–Crippen LogP) is 3.54. The number of amides is 1. The predicted molar refractivity (Wildman–Crippen MR) is 80.9 cm³/mol. The lowest BCUT2D eigenvalue weighted by molar-refractivity contribution is -0.274. The number of carbonyl (C=O) groups is 1. The van der Waals surface area contributed by atoms with Crippen LogP contribution in [0.3, 0.4) is 0 Å². The average molecular weight is 344 g/mol. The van der Waals surface area contributed by atoms with E-state index in [0.717, 1.165) is 38.5 Å². The Labute approximate surface area is 137 Å². The van der Waals surface area contributed by atoms with E-state index in [1.54, 1.807) is 6.92 Å². The smallest absolute Gasteiger partial charge is 0.444 e. The first-order valence-electron chi connectivity index (χ1n) is 7.86. The van der Waals surface area contributed by atoms with Gasteiger partial charge >= 0.3 is 12.5 Å². The van der Waals surface area contributed by atoms with Crippen molar-refractivity contribution in [2.75, 3.05) is 25.0 Å². The minimum atomic E-state index is -4.74. The molecule has 0 saturated carbocycles. The van der Waals surface area contributed by atoms with Crippen LogP contribution in [0.15, 0.2) is 18.2 Å². The first-order chi connectivity index (χ1) is 11.3. The lowest BCUT2D eigenvalue weighted by Crippen LogP contribution is -2.52. The van der Waals surface area contributed by atoms with E-state index in [1.165, 1.54) is 12.1 Å². The van der Waals surface area contributed by atoms with E-state index in [1.807, 2.05) is 0 Å². The van der Waals surface area contributed by atoms with Gasteiger partial charge in [-0.15, -0.1) is 13.2 Å². The van der Waals surface area contributed by atoms with E-state index in [9.17, 15) is 18.0 Å². The zero-order chi connectivity index (χ0) is 17.3. The molecule has 0 spiro atoms. The molecule has 8 heteroatoms. The minimum Gasteiger partial charge on any atom is -0.444 e. The number of anilines is 1. The van der Waals surface area contributed by atoms with Gasteiger partial charge in [0, 0.05) is 12.2 Å². The summed E-state index contributed by atoms with van der Waals surface area (Å²) in [6.07, 6.45) is -3.39. The molecule has 2 bridgehead atoms. The molecule has 1 atom stereocenters. The number of piperidine rings is 3. The minimum absolute atomic E-state index is 0.124. The number of hydrogen-bond acceptors (Lipinski definition) is 4. The van der Waals surface area contributed by atoms with Gasteiger partial charge in [-0.2, -0.15) is 0 Å². The molecule has 24 heavy (non-hydrogen) atoms. The monoisotopic (exact) mass is 344 g/mol. The SMILES string of the molecule is Cc1cc(OC(F)(F)F)ccc1NC(=O)O[C@H]1CN2CCC1CC2. The highest BCUT2D eigenvalue weighted by Gasteiger charge is 2.36. The summed E-state index contributed by atoms with van der Waals surface area (Å²) in [7, 11) is 0. The summed E-state index contributed by atoms with van der Waals surface area (Å²) < 4.78 is 45.9. The number of rotatable bonds is 3. The number of fused-ring (bicyclic) bond motifs is 3. The zero-order valence-electron chi connectivity index (χ0n) is 13.2. The van der Waals surface area contributed by atoms with E-state index in [2.05, 4.69) is 15.0 Å². The van der Waals surface area contributed by atoms with Crippen LogP contribution in [-0.4, -0.2) is 43.1 Å². The van der Waals surface area contributed by atoms with Gasteiger partial charge < -0.3 is 9.47 Å². The Morgan fingerprint density at radius 1 is 1.29 bits per heavy atom. The number of ether oxygens (including phenoxy) is 2. The number of benzene rings is 1. The molecule has 3 saturated heterocycles. The number of nitrogens with one attached hydrogen (secondary N) is 1. The number of halogens is 3. The van der Waals surface area contributed by atoms with Crippen molar-refractivity contribution in [1.29, 1.82) is 0 Å². The third-order valence-corrected chi connectivity index (χ3v) is 4.52. The van der Waals surface area contributed by atoms with Crippen molar-refractivity contribution in [3.63, 3.8) is 0 Å². The van der Waals surface area contributed by atoms with Crippen LogP contribution in [0.1, 0.15) is 18.4 Å². The molecule has 3 fully saturated rings. The fourth-order valence-electron chi connectivity index (χ4n) is 3.29. The van der Waals surface area contributed by atoms with Crippen LogP contribution in [0, 0.1) is 12.8 Å². The van der Waals surface area contributed by atoms with E-state index >= 15 is 0 Å². The lowest BCUT2D eigenvalue weighted by atomic mass is 9.86. The lowest BCUT2D eigenvalue weighted by Gasteiger charge is -2.43. The Bertz CT molecular complexity index is 613. The molecule has 4 rings (SSSR count). The van der Waals surface area contributed by atoms with Gasteiger partial charge in [0.2, 0.25) is 0 Å². The van der Waals surface area contributed by atoms with Crippen molar-refractivity contribution in [1.82, 2.24) is 4.90 Å². The third-order valence-electron chi connectivity index (χ3n) is 4.52. The second kappa shape index (κ2) is 6.51. The van der Waals surface area contributed by atoms with Gasteiger partial charge in [-0.1, -0.05) is 0 Å². The Morgan fingerprint density at radius 2 is 2.00 bits per heavy atom. The van der Waals surface area contributed by atoms with Crippen LogP contribution in [0.25, 0.3) is 0 Å². The van der Waals surface area contributed by atoms with Crippen LogP contribution < -0.4 is 10.1 Å². The molecule has 0 radical (unpaired) electrons. The summed E-state index contributed by atoms with van der Waals surface area (Å²) in [4.78, 5) is 14.3. The molecule has 1 aromatic rings. The maximum absolute atomic E-state index is 12.2. The molecule has 0 aromatic heterocycles. The van der Waals surface area contributed by atoms with E-state index in [4.69, 9.17) is 4.74 Å². The van der Waals surface area contributed by atoms with Gasteiger partial charge in [-0.05, 0) is 62.5 Å². The second-order valence-electron chi connectivity index (χ2n) is 6.23. The summed E-state index contributed by atoms with van der Waals surface area (Å²) in [6, 6.07) is 3.75. The van der Waals surface area contributed by atoms with Crippen molar-refractivity contribution in [2.24, 2.45) is 5.92 Å². The highest BCUT2D eigenvalue weighted by molar-refractivity contribution is 5.85. The Hall–Kier alpha value is -1.96. The quantitative estimate of drug-likeness (QED) is 0.911. The molecule has 3 aliphatic heterocycles. The summed E-state index contributed by atoms with van der Waals surface area (Å²) in [5.41, 5.74) is 0.860. The van der Waals surface area contributed by atoms with Crippen molar-refractivity contribution < 1.29 is 27.4 Å². The highest BCUT2D eigenvalue weighted by atomic mass is 19.4. The molecule has 1 amide bonds. The third kappa shape index (κ3) is 4.11. The van der Waals surface area contributed by atoms with Gasteiger partial charge in [0.15, 0.2) is 0 Å². The van der Waals surface area contributed by atoms with Gasteiger partial charge in [0.25, 0.3) is 0 Å². The maximum Gasteiger partial charge on any atom is 0.573 e. The normalized spacial score (nSPS) is 26.1. The molecule has 1 N–H and O–H groups in total. The molecule has 5 nitrogen and oxygen atoms in total. The number of hydrogen-bond donors (Lipinski definition) is 1. The molecular formula is C16H19F3N2O3. The van der Waals surface area contributed by atoms with Gasteiger partial charge in [-0.25, -0.2) is 4.79 Å². The second-order valence-corrected chi connectivity index (χ2v) is 6.23. The molecule has 0 aliphatic carbocycles.